The fraction of sp³-hybridized carbons (Fsp3) is 0.684. The molecule has 26 heavy (non-hydrogen) atoms. The third-order valence-corrected chi connectivity index (χ3v) is 4.45. The molecule has 2 aliphatic heterocycles. The zero-order chi connectivity index (χ0) is 18.8. The summed E-state index contributed by atoms with van der Waals surface area (Å²) in [7, 11) is 0. The summed E-state index contributed by atoms with van der Waals surface area (Å²) in [6.07, 6.45) is 10.2. The summed E-state index contributed by atoms with van der Waals surface area (Å²) in [4.78, 5) is 23.0. The quantitative estimate of drug-likeness (QED) is 0.357. The number of carbonyl (C=O) groups is 2. The van der Waals surface area contributed by atoms with Gasteiger partial charge in [0.05, 0.1) is 24.0 Å². The lowest BCUT2D eigenvalue weighted by Gasteiger charge is -2.28. The van der Waals surface area contributed by atoms with E-state index >= 15 is 0 Å². The summed E-state index contributed by atoms with van der Waals surface area (Å²) in [5.41, 5.74) is 0.832. The summed E-state index contributed by atoms with van der Waals surface area (Å²) in [5, 5.41) is 12.6. The van der Waals surface area contributed by atoms with Crippen molar-refractivity contribution in [2.75, 3.05) is 19.7 Å². The average Bonchev–Trinajstić information content (AvgIpc) is 2.65. The fourth-order valence-corrected chi connectivity index (χ4v) is 3.07. The van der Waals surface area contributed by atoms with Crippen molar-refractivity contribution in [2.24, 2.45) is 5.92 Å². The topological polar surface area (TPSA) is 91.5 Å². The molecular formula is C19H32N4O3. The first-order chi connectivity index (χ1) is 12.6. The maximum absolute atomic E-state index is 11.9. The van der Waals surface area contributed by atoms with Crippen LogP contribution in [0.15, 0.2) is 24.0 Å². The largest absolute Gasteiger partial charge is 0.380 e. The Morgan fingerprint density at radius 2 is 2.27 bits per heavy atom. The standard InChI is InChI=1S/C19H32N4O3/c1-14(2)9-16(13-24)23-18-12-20-15(10-21-18)6-7-19(25)22-11-17-5-3-4-8-26-17/h6-7,10,13-14,16-18,20-21,23H,3-5,8-9,11-12H2,1-2H3,(H,22,25)/b7-6+. The van der Waals surface area contributed by atoms with Gasteiger partial charge in [-0.1, -0.05) is 13.8 Å². The number of hydrogen-bond acceptors (Lipinski definition) is 6. The van der Waals surface area contributed by atoms with E-state index in [9.17, 15) is 9.59 Å². The van der Waals surface area contributed by atoms with Gasteiger partial charge in [-0.05, 0) is 37.7 Å². The third-order valence-electron chi connectivity index (χ3n) is 4.45. The van der Waals surface area contributed by atoms with Gasteiger partial charge in [0.1, 0.15) is 6.29 Å². The number of rotatable bonds is 9. The van der Waals surface area contributed by atoms with Crippen molar-refractivity contribution in [2.45, 2.75) is 57.8 Å². The molecular weight excluding hydrogens is 332 g/mol. The summed E-state index contributed by atoms with van der Waals surface area (Å²) >= 11 is 0. The Bertz CT molecular complexity index is 513. The lowest BCUT2D eigenvalue weighted by molar-refractivity contribution is -0.117. The molecule has 0 aromatic heterocycles. The molecule has 2 aliphatic rings. The summed E-state index contributed by atoms with van der Waals surface area (Å²) in [6.45, 7) is 6.17. The smallest absolute Gasteiger partial charge is 0.244 e. The van der Waals surface area contributed by atoms with Crippen LogP contribution in [0, 0.1) is 5.92 Å². The van der Waals surface area contributed by atoms with Crippen molar-refractivity contribution in [3.63, 3.8) is 0 Å². The molecule has 0 aromatic carbocycles. The molecule has 0 bridgehead atoms. The van der Waals surface area contributed by atoms with Crippen molar-refractivity contribution in [3.05, 3.63) is 24.0 Å². The Balaban J connectivity index is 1.69. The van der Waals surface area contributed by atoms with Gasteiger partial charge in [0.15, 0.2) is 0 Å². The molecule has 2 rings (SSSR count). The molecule has 3 unspecified atom stereocenters. The number of aldehydes is 1. The minimum absolute atomic E-state index is 0.0154. The molecule has 0 spiro atoms. The van der Waals surface area contributed by atoms with Gasteiger partial charge in [-0.25, -0.2) is 0 Å². The summed E-state index contributed by atoms with van der Waals surface area (Å²) in [5.74, 6) is 0.334. The van der Waals surface area contributed by atoms with E-state index < -0.39 is 0 Å². The first kappa shape index (κ1) is 20.5. The van der Waals surface area contributed by atoms with Crippen molar-refractivity contribution in [1.82, 2.24) is 21.3 Å². The molecule has 0 radical (unpaired) electrons. The Kier molecular flexibility index (Phi) is 8.64. The van der Waals surface area contributed by atoms with E-state index in [1.54, 1.807) is 6.08 Å². The summed E-state index contributed by atoms with van der Waals surface area (Å²) in [6, 6.07) is -0.160. The average molecular weight is 364 g/mol. The highest BCUT2D eigenvalue weighted by atomic mass is 16.5. The summed E-state index contributed by atoms with van der Waals surface area (Å²) < 4.78 is 5.60. The predicted molar refractivity (Wildman–Crippen MR) is 101 cm³/mol. The second-order valence-corrected chi connectivity index (χ2v) is 7.31. The van der Waals surface area contributed by atoms with Gasteiger partial charge < -0.3 is 25.5 Å². The molecule has 4 N–H and O–H groups in total. The van der Waals surface area contributed by atoms with Crippen LogP contribution in [-0.4, -0.2) is 50.2 Å². The van der Waals surface area contributed by atoms with Crippen LogP contribution in [-0.2, 0) is 14.3 Å². The first-order valence-corrected chi connectivity index (χ1v) is 9.55. The van der Waals surface area contributed by atoms with Crippen molar-refractivity contribution in [1.29, 1.82) is 0 Å². The van der Waals surface area contributed by atoms with E-state index in [1.165, 1.54) is 6.08 Å². The van der Waals surface area contributed by atoms with Crippen LogP contribution in [0.1, 0.15) is 39.5 Å². The Labute approximate surface area is 156 Å². The van der Waals surface area contributed by atoms with Crippen molar-refractivity contribution < 1.29 is 14.3 Å². The first-order valence-electron chi connectivity index (χ1n) is 9.55. The number of hydrogen-bond donors (Lipinski definition) is 4. The minimum Gasteiger partial charge on any atom is -0.380 e. The highest BCUT2D eigenvalue weighted by molar-refractivity contribution is 5.87. The third kappa shape index (κ3) is 7.58. The highest BCUT2D eigenvalue weighted by Crippen LogP contribution is 2.11. The fourth-order valence-electron chi connectivity index (χ4n) is 3.07. The normalized spacial score (nSPS) is 24.5. The molecule has 7 nitrogen and oxygen atoms in total. The lowest BCUT2D eigenvalue weighted by Crippen LogP contribution is -2.54. The molecule has 2 heterocycles. The molecule has 0 aliphatic carbocycles. The van der Waals surface area contributed by atoms with Crippen LogP contribution in [0.25, 0.3) is 0 Å². The highest BCUT2D eigenvalue weighted by Gasteiger charge is 2.17. The molecule has 0 saturated carbocycles. The van der Waals surface area contributed by atoms with Crippen LogP contribution in [0.3, 0.4) is 0 Å². The monoisotopic (exact) mass is 364 g/mol. The van der Waals surface area contributed by atoms with Crippen molar-refractivity contribution >= 4 is 12.2 Å². The maximum atomic E-state index is 11.9. The van der Waals surface area contributed by atoms with E-state index in [0.717, 1.165) is 44.3 Å². The zero-order valence-electron chi connectivity index (χ0n) is 15.8. The van der Waals surface area contributed by atoms with Gasteiger partial charge in [-0.3, -0.25) is 10.1 Å². The van der Waals surface area contributed by atoms with Gasteiger partial charge in [0.2, 0.25) is 5.91 Å². The Morgan fingerprint density at radius 3 is 2.88 bits per heavy atom. The maximum Gasteiger partial charge on any atom is 0.244 e. The number of ether oxygens (including phenoxy) is 1. The second kappa shape index (κ2) is 11.0. The van der Waals surface area contributed by atoms with Gasteiger partial charge in [0.25, 0.3) is 0 Å². The van der Waals surface area contributed by atoms with Crippen LogP contribution < -0.4 is 21.3 Å². The molecule has 146 valence electrons. The van der Waals surface area contributed by atoms with E-state index in [-0.39, 0.29) is 24.2 Å². The van der Waals surface area contributed by atoms with Gasteiger partial charge in [-0.15, -0.1) is 0 Å². The number of carbonyl (C=O) groups excluding carboxylic acids is 2. The lowest BCUT2D eigenvalue weighted by atomic mass is 10.0. The molecule has 1 amide bonds. The Hall–Kier alpha value is -1.86. The van der Waals surface area contributed by atoms with E-state index in [1.807, 2.05) is 6.20 Å². The van der Waals surface area contributed by atoms with E-state index in [4.69, 9.17) is 4.74 Å². The van der Waals surface area contributed by atoms with E-state index in [2.05, 4.69) is 35.1 Å². The molecule has 7 heteroatoms. The van der Waals surface area contributed by atoms with Gasteiger partial charge >= 0.3 is 0 Å². The number of allylic oxidation sites excluding steroid dienone is 1. The molecule has 1 saturated heterocycles. The molecule has 1 fully saturated rings. The van der Waals surface area contributed by atoms with Gasteiger partial charge in [0, 0.05) is 32.0 Å². The molecule has 3 atom stereocenters. The van der Waals surface area contributed by atoms with E-state index in [0.29, 0.717) is 19.0 Å². The number of amides is 1. The second-order valence-electron chi connectivity index (χ2n) is 7.31. The Morgan fingerprint density at radius 1 is 1.42 bits per heavy atom. The van der Waals surface area contributed by atoms with Crippen LogP contribution in [0.5, 0.6) is 0 Å². The van der Waals surface area contributed by atoms with Crippen LogP contribution >= 0.6 is 0 Å². The van der Waals surface area contributed by atoms with Crippen LogP contribution in [0.4, 0.5) is 0 Å². The number of nitrogens with one attached hydrogen (secondary N) is 4. The SMILES string of the molecule is CC(C)CC(C=O)NC1CNC(/C=C/C(=O)NCC2CCCCO2)=CN1. The van der Waals surface area contributed by atoms with Crippen LogP contribution in [0.2, 0.25) is 0 Å². The molecule has 0 aromatic rings. The zero-order valence-corrected chi connectivity index (χ0v) is 15.8. The predicted octanol–water partition coefficient (Wildman–Crippen LogP) is 0.791. The van der Waals surface area contributed by atoms with Crippen molar-refractivity contribution in [3.8, 4) is 0 Å². The van der Waals surface area contributed by atoms with Gasteiger partial charge in [-0.2, -0.15) is 0 Å². The minimum atomic E-state index is -0.160.